The molecule has 15 heavy (non-hydrogen) atoms. The standard InChI is InChI=1S/C10H8N2O2S/c13-10(14)12-8-3-1-2-7(4-8)9-5-15-6-11-9/h1-6,12H,(H,13,14). The van der Waals surface area contributed by atoms with E-state index in [1.165, 1.54) is 11.3 Å². The topological polar surface area (TPSA) is 62.2 Å². The molecule has 2 N–H and O–H groups in total. The molecule has 0 saturated carbocycles. The summed E-state index contributed by atoms with van der Waals surface area (Å²) in [7, 11) is 0. The molecule has 4 nitrogen and oxygen atoms in total. The minimum Gasteiger partial charge on any atom is -0.465 e. The van der Waals surface area contributed by atoms with Gasteiger partial charge in [-0.1, -0.05) is 12.1 Å². The van der Waals surface area contributed by atoms with Gasteiger partial charge in [-0.25, -0.2) is 9.78 Å². The number of amides is 1. The first-order chi connectivity index (χ1) is 7.25. The summed E-state index contributed by atoms with van der Waals surface area (Å²) in [4.78, 5) is 14.6. The number of rotatable bonds is 2. The average molecular weight is 220 g/mol. The number of hydrogen-bond acceptors (Lipinski definition) is 3. The molecule has 2 aromatic rings. The van der Waals surface area contributed by atoms with Crippen LogP contribution in [0.15, 0.2) is 35.2 Å². The molecule has 0 aliphatic heterocycles. The first-order valence-corrected chi connectivity index (χ1v) is 5.18. The predicted octanol–water partition coefficient (Wildman–Crippen LogP) is 2.90. The lowest BCUT2D eigenvalue weighted by Crippen LogP contribution is -2.06. The van der Waals surface area contributed by atoms with Gasteiger partial charge in [0.15, 0.2) is 0 Å². The third-order valence-corrected chi connectivity index (χ3v) is 2.43. The molecule has 2 rings (SSSR count). The number of benzene rings is 1. The van der Waals surface area contributed by atoms with Crippen LogP contribution in [0.25, 0.3) is 11.3 Å². The van der Waals surface area contributed by atoms with Crippen molar-refractivity contribution in [2.24, 2.45) is 0 Å². The second-order valence-corrected chi connectivity index (χ2v) is 3.60. The third kappa shape index (κ3) is 2.32. The number of carbonyl (C=O) groups is 1. The first kappa shape index (κ1) is 9.67. The second kappa shape index (κ2) is 4.10. The minimum atomic E-state index is -1.06. The van der Waals surface area contributed by atoms with Gasteiger partial charge in [0.25, 0.3) is 0 Å². The lowest BCUT2D eigenvalue weighted by atomic mass is 10.1. The molecule has 0 bridgehead atoms. The lowest BCUT2D eigenvalue weighted by Gasteiger charge is -2.02. The summed E-state index contributed by atoms with van der Waals surface area (Å²) in [5, 5.41) is 12.8. The number of hydrogen-bond donors (Lipinski definition) is 2. The van der Waals surface area contributed by atoms with Crippen molar-refractivity contribution in [3.63, 3.8) is 0 Å². The Morgan fingerprint density at radius 1 is 1.47 bits per heavy atom. The highest BCUT2D eigenvalue weighted by molar-refractivity contribution is 7.07. The minimum absolute atomic E-state index is 0.549. The van der Waals surface area contributed by atoms with Crippen molar-refractivity contribution in [3.8, 4) is 11.3 Å². The molecule has 1 aromatic carbocycles. The fourth-order valence-corrected chi connectivity index (χ4v) is 1.80. The van der Waals surface area contributed by atoms with E-state index >= 15 is 0 Å². The van der Waals surface area contributed by atoms with Crippen molar-refractivity contribution >= 4 is 23.1 Å². The van der Waals surface area contributed by atoms with E-state index in [2.05, 4.69) is 10.3 Å². The van der Waals surface area contributed by atoms with Gasteiger partial charge < -0.3 is 5.11 Å². The Hall–Kier alpha value is -1.88. The second-order valence-electron chi connectivity index (χ2n) is 2.88. The van der Waals surface area contributed by atoms with Crippen molar-refractivity contribution in [1.29, 1.82) is 0 Å². The van der Waals surface area contributed by atoms with E-state index in [9.17, 15) is 4.79 Å². The lowest BCUT2D eigenvalue weighted by molar-refractivity contribution is 0.210. The highest BCUT2D eigenvalue weighted by Gasteiger charge is 2.02. The van der Waals surface area contributed by atoms with E-state index in [0.29, 0.717) is 5.69 Å². The van der Waals surface area contributed by atoms with Crippen molar-refractivity contribution < 1.29 is 9.90 Å². The van der Waals surface area contributed by atoms with Crippen LogP contribution in [0, 0.1) is 0 Å². The van der Waals surface area contributed by atoms with Gasteiger partial charge in [0.05, 0.1) is 11.2 Å². The van der Waals surface area contributed by atoms with Crippen molar-refractivity contribution in [1.82, 2.24) is 4.98 Å². The molecular weight excluding hydrogens is 212 g/mol. The summed E-state index contributed by atoms with van der Waals surface area (Å²) in [6.07, 6.45) is -1.06. The normalized spacial score (nSPS) is 9.87. The van der Waals surface area contributed by atoms with Crippen LogP contribution in [0.2, 0.25) is 0 Å². The van der Waals surface area contributed by atoms with Gasteiger partial charge in [-0.2, -0.15) is 0 Å². The fourth-order valence-electron chi connectivity index (χ4n) is 1.23. The molecule has 0 atom stereocenters. The maximum Gasteiger partial charge on any atom is 0.409 e. The molecular formula is C10H8N2O2S. The Kier molecular flexibility index (Phi) is 2.64. The van der Waals surface area contributed by atoms with Crippen LogP contribution in [0.5, 0.6) is 0 Å². The van der Waals surface area contributed by atoms with Crippen LogP contribution in [0.4, 0.5) is 10.5 Å². The summed E-state index contributed by atoms with van der Waals surface area (Å²) in [5.41, 5.74) is 4.05. The van der Waals surface area contributed by atoms with E-state index in [4.69, 9.17) is 5.11 Å². The average Bonchev–Trinajstić information content (AvgIpc) is 2.69. The summed E-state index contributed by atoms with van der Waals surface area (Å²) >= 11 is 1.51. The number of nitrogens with one attached hydrogen (secondary N) is 1. The van der Waals surface area contributed by atoms with Crippen LogP contribution in [-0.4, -0.2) is 16.2 Å². The molecule has 0 spiro atoms. The summed E-state index contributed by atoms with van der Waals surface area (Å²) in [5.74, 6) is 0. The van der Waals surface area contributed by atoms with Gasteiger partial charge in [-0.05, 0) is 12.1 Å². The highest BCUT2D eigenvalue weighted by Crippen LogP contribution is 2.22. The molecule has 0 aliphatic rings. The molecule has 0 unspecified atom stereocenters. The van der Waals surface area contributed by atoms with E-state index in [1.54, 1.807) is 23.7 Å². The summed E-state index contributed by atoms with van der Waals surface area (Å²) in [6.45, 7) is 0. The van der Waals surface area contributed by atoms with E-state index in [1.807, 2.05) is 11.4 Å². The first-order valence-electron chi connectivity index (χ1n) is 4.24. The predicted molar refractivity (Wildman–Crippen MR) is 59.2 cm³/mol. The monoisotopic (exact) mass is 220 g/mol. The Bertz CT molecular complexity index is 468. The molecule has 0 fully saturated rings. The Morgan fingerprint density at radius 3 is 3.00 bits per heavy atom. The molecule has 0 aliphatic carbocycles. The molecule has 1 aromatic heterocycles. The zero-order valence-electron chi connectivity index (χ0n) is 7.68. The Balaban J connectivity index is 2.31. The van der Waals surface area contributed by atoms with Gasteiger partial charge in [0.1, 0.15) is 0 Å². The molecule has 1 amide bonds. The number of anilines is 1. The molecule has 1 heterocycles. The number of nitrogens with zero attached hydrogens (tertiary/aromatic N) is 1. The fraction of sp³-hybridized carbons (Fsp3) is 0. The van der Waals surface area contributed by atoms with Gasteiger partial charge in [-0.15, -0.1) is 11.3 Å². The van der Waals surface area contributed by atoms with Crippen molar-refractivity contribution in [3.05, 3.63) is 35.2 Å². The summed E-state index contributed by atoms with van der Waals surface area (Å²) < 4.78 is 0. The van der Waals surface area contributed by atoms with Crippen LogP contribution in [0.1, 0.15) is 0 Å². The summed E-state index contributed by atoms with van der Waals surface area (Å²) in [6, 6.07) is 7.13. The van der Waals surface area contributed by atoms with Crippen molar-refractivity contribution in [2.75, 3.05) is 5.32 Å². The Morgan fingerprint density at radius 2 is 2.33 bits per heavy atom. The molecule has 5 heteroatoms. The molecule has 0 saturated heterocycles. The van der Waals surface area contributed by atoms with Gasteiger partial charge in [0, 0.05) is 16.6 Å². The molecule has 76 valence electrons. The maximum atomic E-state index is 10.4. The van der Waals surface area contributed by atoms with Gasteiger partial charge in [0.2, 0.25) is 0 Å². The van der Waals surface area contributed by atoms with Crippen LogP contribution in [0.3, 0.4) is 0 Å². The van der Waals surface area contributed by atoms with E-state index in [0.717, 1.165) is 11.3 Å². The maximum absolute atomic E-state index is 10.4. The van der Waals surface area contributed by atoms with Gasteiger partial charge >= 0.3 is 6.09 Å². The van der Waals surface area contributed by atoms with Crippen molar-refractivity contribution in [2.45, 2.75) is 0 Å². The highest BCUT2D eigenvalue weighted by atomic mass is 32.1. The molecule has 0 radical (unpaired) electrons. The van der Waals surface area contributed by atoms with E-state index < -0.39 is 6.09 Å². The third-order valence-electron chi connectivity index (χ3n) is 1.84. The Labute approximate surface area is 90.2 Å². The van der Waals surface area contributed by atoms with E-state index in [-0.39, 0.29) is 0 Å². The SMILES string of the molecule is O=C(O)Nc1cccc(-c2cscn2)c1. The number of carboxylic acid groups (broad SMARTS) is 1. The largest absolute Gasteiger partial charge is 0.465 e. The number of thiazole rings is 1. The number of aromatic nitrogens is 1. The zero-order chi connectivity index (χ0) is 10.7. The van der Waals surface area contributed by atoms with Crippen LogP contribution < -0.4 is 5.32 Å². The van der Waals surface area contributed by atoms with Crippen LogP contribution in [-0.2, 0) is 0 Å². The smallest absolute Gasteiger partial charge is 0.409 e. The zero-order valence-corrected chi connectivity index (χ0v) is 8.49. The quantitative estimate of drug-likeness (QED) is 0.818. The van der Waals surface area contributed by atoms with Gasteiger partial charge in [-0.3, -0.25) is 5.32 Å². The van der Waals surface area contributed by atoms with Crippen LogP contribution >= 0.6 is 11.3 Å².